The summed E-state index contributed by atoms with van der Waals surface area (Å²) in [5.74, 6) is -0.170. The molecule has 1 atom stereocenters. The Morgan fingerprint density at radius 1 is 0.920 bits per heavy atom. The predicted molar refractivity (Wildman–Crippen MR) is 104 cm³/mol. The molecule has 0 aliphatic carbocycles. The predicted octanol–water partition coefficient (Wildman–Crippen LogP) is 4.58. The second-order valence-corrected chi connectivity index (χ2v) is 8.50. The lowest BCUT2D eigenvalue weighted by molar-refractivity contribution is -0.118. The second kappa shape index (κ2) is 7.02. The molecule has 0 saturated carbocycles. The third-order valence-corrected chi connectivity index (χ3v) is 6.44. The normalized spacial score (nSPS) is 17.2. The van der Waals surface area contributed by atoms with Gasteiger partial charge >= 0.3 is 0 Å². The number of nitrogens with one attached hydrogen (secondary N) is 1. The number of fused-ring (bicyclic) bond motifs is 1. The van der Waals surface area contributed by atoms with Crippen LogP contribution in [0.15, 0.2) is 54.6 Å². The zero-order valence-corrected chi connectivity index (χ0v) is 15.2. The highest BCUT2D eigenvalue weighted by Gasteiger charge is 2.31. The summed E-state index contributed by atoms with van der Waals surface area (Å²) in [7, 11) is 0. The van der Waals surface area contributed by atoms with Gasteiger partial charge in [0.1, 0.15) is 0 Å². The van der Waals surface area contributed by atoms with Crippen molar-refractivity contribution in [2.75, 3.05) is 0 Å². The van der Waals surface area contributed by atoms with Crippen LogP contribution in [0.2, 0.25) is 0 Å². The first kappa shape index (κ1) is 16.4. The molecule has 1 N–H and O–H groups in total. The zero-order valence-electron chi connectivity index (χ0n) is 13.5. The molecule has 4 rings (SSSR count). The van der Waals surface area contributed by atoms with Crippen LogP contribution in [0.3, 0.4) is 0 Å². The Bertz CT molecular complexity index is 933. The van der Waals surface area contributed by atoms with Crippen LogP contribution < -0.4 is 5.32 Å². The van der Waals surface area contributed by atoms with Crippen molar-refractivity contribution in [2.24, 2.45) is 0 Å². The van der Waals surface area contributed by atoms with Crippen LogP contribution in [0.4, 0.5) is 4.79 Å². The molecule has 3 nitrogen and oxygen atoms in total. The Morgan fingerprint density at radius 2 is 1.72 bits per heavy atom. The number of hydrogen-bond acceptors (Lipinski definition) is 4. The van der Waals surface area contributed by atoms with Crippen molar-refractivity contribution in [2.45, 2.75) is 24.5 Å². The van der Waals surface area contributed by atoms with E-state index in [2.05, 4.69) is 53.8 Å². The number of thiophene rings is 1. The van der Waals surface area contributed by atoms with E-state index in [1.807, 2.05) is 6.07 Å². The van der Waals surface area contributed by atoms with Gasteiger partial charge in [-0.15, -0.1) is 11.3 Å². The maximum atomic E-state index is 11.7. The SMILES string of the molecule is O=C1NC(=O)C(Cc2cc3ccc(CCc4ccccc4)cc3s2)S1. The van der Waals surface area contributed by atoms with E-state index < -0.39 is 0 Å². The van der Waals surface area contributed by atoms with E-state index in [0.29, 0.717) is 6.42 Å². The zero-order chi connectivity index (χ0) is 17.2. The summed E-state index contributed by atoms with van der Waals surface area (Å²) in [5.41, 5.74) is 2.68. The number of imide groups is 1. The van der Waals surface area contributed by atoms with Gasteiger partial charge in [-0.05, 0) is 41.5 Å². The third kappa shape index (κ3) is 3.78. The first-order chi connectivity index (χ1) is 12.2. The average Bonchev–Trinajstić information content (AvgIpc) is 3.15. The summed E-state index contributed by atoms with van der Waals surface area (Å²) in [6.07, 6.45) is 2.66. The molecule has 0 radical (unpaired) electrons. The Balaban J connectivity index is 1.47. The molecule has 1 aliphatic rings. The van der Waals surface area contributed by atoms with E-state index in [9.17, 15) is 9.59 Å². The van der Waals surface area contributed by atoms with Gasteiger partial charge in [-0.1, -0.05) is 54.2 Å². The highest BCUT2D eigenvalue weighted by atomic mass is 32.2. The molecule has 1 saturated heterocycles. The molecule has 1 aliphatic heterocycles. The fourth-order valence-corrected chi connectivity index (χ4v) is 5.16. The molecular formula is C20H17NO2S2. The van der Waals surface area contributed by atoms with E-state index >= 15 is 0 Å². The lowest BCUT2D eigenvalue weighted by atomic mass is 10.0. The standard InChI is InChI=1S/C20H17NO2S2/c22-19-18(25-20(23)21-19)12-16-11-15-9-8-14(10-17(15)24-16)7-6-13-4-2-1-3-5-13/h1-5,8-11,18H,6-7,12H2,(H,21,22,23). The van der Waals surface area contributed by atoms with Gasteiger partial charge in [0.15, 0.2) is 0 Å². The van der Waals surface area contributed by atoms with E-state index in [4.69, 9.17) is 0 Å². The van der Waals surface area contributed by atoms with Gasteiger partial charge < -0.3 is 0 Å². The van der Waals surface area contributed by atoms with Crippen LogP contribution in [-0.2, 0) is 24.1 Å². The monoisotopic (exact) mass is 367 g/mol. The molecule has 2 amide bonds. The largest absolute Gasteiger partial charge is 0.286 e. The van der Waals surface area contributed by atoms with Crippen molar-refractivity contribution < 1.29 is 9.59 Å². The van der Waals surface area contributed by atoms with Crippen LogP contribution in [0.5, 0.6) is 0 Å². The molecule has 25 heavy (non-hydrogen) atoms. The highest BCUT2D eigenvalue weighted by Crippen LogP contribution is 2.31. The topological polar surface area (TPSA) is 46.2 Å². The average molecular weight is 367 g/mol. The lowest BCUT2D eigenvalue weighted by Crippen LogP contribution is -2.25. The van der Waals surface area contributed by atoms with Crippen LogP contribution in [0.25, 0.3) is 10.1 Å². The van der Waals surface area contributed by atoms with Crippen LogP contribution in [-0.4, -0.2) is 16.4 Å². The molecule has 1 aromatic heterocycles. The number of carbonyl (C=O) groups is 2. The van der Waals surface area contributed by atoms with Crippen molar-refractivity contribution in [1.82, 2.24) is 5.32 Å². The molecule has 0 bridgehead atoms. The fraction of sp³-hybridized carbons (Fsp3) is 0.200. The Labute approximate surface area is 154 Å². The first-order valence-corrected chi connectivity index (χ1v) is 9.94. The summed E-state index contributed by atoms with van der Waals surface area (Å²) < 4.78 is 1.25. The first-order valence-electron chi connectivity index (χ1n) is 8.24. The number of rotatable bonds is 5. The van der Waals surface area contributed by atoms with Crippen LogP contribution in [0.1, 0.15) is 16.0 Å². The van der Waals surface area contributed by atoms with Crippen molar-refractivity contribution in [3.63, 3.8) is 0 Å². The van der Waals surface area contributed by atoms with Crippen LogP contribution in [0, 0.1) is 0 Å². The summed E-state index contributed by atoms with van der Waals surface area (Å²) in [6.45, 7) is 0. The van der Waals surface area contributed by atoms with E-state index in [1.165, 1.54) is 21.2 Å². The summed E-state index contributed by atoms with van der Waals surface area (Å²) in [5, 5.41) is 3.03. The lowest BCUT2D eigenvalue weighted by Gasteiger charge is -2.02. The molecule has 5 heteroatoms. The minimum Gasteiger partial charge on any atom is -0.286 e. The summed E-state index contributed by atoms with van der Waals surface area (Å²) in [6, 6.07) is 19.2. The second-order valence-electron chi connectivity index (χ2n) is 6.16. The van der Waals surface area contributed by atoms with Gasteiger partial charge in [-0.25, -0.2) is 0 Å². The van der Waals surface area contributed by atoms with Gasteiger partial charge in [0.25, 0.3) is 5.24 Å². The molecule has 2 aromatic carbocycles. The molecule has 1 fully saturated rings. The van der Waals surface area contributed by atoms with Crippen molar-refractivity contribution in [3.05, 3.63) is 70.6 Å². The molecule has 3 aromatic rings. The van der Waals surface area contributed by atoms with Crippen molar-refractivity contribution in [1.29, 1.82) is 0 Å². The third-order valence-electron chi connectivity index (χ3n) is 4.33. The summed E-state index contributed by atoms with van der Waals surface area (Å²) >= 11 is 2.81. The minimum absolute atomic E-state index is 0.170. The molecule has 126 valence electrons. The molecule has 0 spiro atoms. The molecule has 2 heterocycles. The Hall–Kier alpha value is -2.11. The minimum atomic E-state index is -0.293. The quantitative estimate of drug-likeness (QED) is 0.718. The number of hydrogen-bond donors (Lipinski definition) is 1. The molecule has 1 unspecified atom stereocenters. The summed E-state index contributed by atoms with van der Waals surface area (Å²) in [4.78, 5) is 24.2. The smallest absolute Gasteiger partial charge is 0.286 e. The van der Waals surface area contributed by atoms with Crippen LogP contribution >= 0.6 is 23.1 Å². The van der Waals surface area contributed by atoms with Crippen molar-refractivity contribution >= 4 is 44.3 Å². The van der Waals surface area contributed by atoms with Gasteiger partial charge in [-0.3, -0.25) is 14.9 Å². The fourth-order valence-electron chi connectivity index (χ4n) is 3.03. The van der Waals surface area contributed by atoms with Crippen molar-refractivity contribution in [3.8, 4) is 0 Å². The Morgan fingerprint density at radius 3 is 2.48 bits per heavy atom. The highest BCUT2D eigenvalue weighted by molar-refractivity contribution is 8.15. The van der Waals surface area contributed by atoms with Gasteiger partial charge in [0, 0.05) is 16.0 Å². The number of carbonyl (C=O) groups excluding carboxylic acids is 2. The Kier molecular flexibility index (Phi) is 4.59. The number of thioether (sulfide) groups is 1. The van der Waals surface area contributed by atoms with Gasteiger partial charge in [0.2, 0.25) is 5.91 Å². The van der Waals surface area contributed by atoms with E-state index in [0.717, 1.165) is 29.5 Å². The van der Waals surface area contributed by atoms with Gasteiger partial charge in [0.05, 0.1) is 5.25 Å². The van der Waals surface area contributed by atoms with E-state index in [1.54, 1.807) is 11.3 Å². The number of amides is 2. The van der Waals surface area contributed by atoms with Gasteiger partial charge in [-0.2, -0.15) is 0 Å². The maximum Gasteiger partial charge on any atom is 0.286 e. The number of aryl methyl sites for hydroxylation is 2. The van der Waals surface area contributed by atoms with E-state index in [-0.39, 0.29) is 16.4 Å². The number of benzene rings is 2. The maximum absolute atomic E-state index is 11.7. The molecular weight excluding hydrogens is 350 g/mol.